The number of ether oxygens (including phenoxy) is 1. The van der Waals surface area contributed by atoms with Crippen molar-refractivity contribution >= 4 is 46.9 Å². The maximum atomic E-state index is 15.2. The molecular weight excluding hydrogens is 650 g/mol. The van der Waals surface area contributed by atoms with Crippen LogP contribution in [-0.4, -0.2) is 63.4 Å². The molecule has 2 aliphatic carbocycles. The summed E-state index contributed by atoms with van der Waals surface area (Å²) in [5, 5.41) is 21.0. The molecule has 3 N–H and O–H groups in total. The van der Waals surface area contributed by atoms with Crippen LogP contribution in [0, 0.1) is 30.6 Å². The highest BCUT2D eigenvalue weighted by molar-refractivity contribution is 6.32. The van der Waals surface area contributed by atoms with Crippen LogP contribution in [-0.2, 0) is 29.4 Å². The van der Waals surface area contributed by atoms with Crippen molar-refractivity contribution in [3.63, 3.8) is 0 Å². The molecule has 3 aromatic carbocycles. The lowest BCUT2D eigenvalue weighted by molar-refractivity contribution is -0.143. The van der Waals surface area contributed by atoms with Gasteiger partial charge in [0.15, 0.2) is 11.5 Å². The number of rotatable bonds is 8. The van der Waals surface area contributed by atoms with E-state index in [9.17, 15) is 29.4 Å². The number of fused-ring (bicyclic) bond motifs is 4. The molecule has 4 aliphatic rings. The lowest BCUT2D eigenvalue weighted by Crippen LogP contribution is -2.53. The summed E-state index contributed by atoms with van der Waals surface area (Å²) in [7, 11) is 1.38. The first-order valence-electron chi connectivity index (χ1n) is 16.1. The van der Waals surface area contributed by atoms with Crippen molar-refractivity contribution in [2.24, 2.45) is 23.7 Å². The standard InChI is InChI=1S/C37H34ClN3O8/c1-19-8-10-22(11-9-19)39-41-34(46)26-18-25-23(12-13-24-30(25)35(47)40(33(24)45)15-14-29(42)43)31(20-16-27(38)32(44)28(17-20)49-2)37(26,36(41)48)21-6-4-3-5-7-21/h3-12,16-17,24-26,30-31,39,44H,13-15,18H2,1-2H3,(H,42,43). The van der Waals surface area contributed by atoms with E-state index < -0.39 is 64.6 Å². The van der Waals surface area contributed by atoms with Crippen LogP contribution in [0.25, 0.3) is 0 Å². The molecule has 49 heavy (non-hydrogen) atoms. The molecular formula is C37H34ClN3O8. The molecule has 6 atom stereocenters. The normalized spacial score (nSPS) is 27.4. The SMILES string of the molecule is COc1cc(C2C3=CCC4C(=O)N(CCC(=O)O)C(=O)C4C3CC3C(=O)N(Nc4ccc(C)cc4)C(=O)C32c2ccccc2)cc(Cl)c1O. The number of carboxylic acids is 1. The Balaban J connectivity index is 1.44. The predicted octanol–water partition coefficient (Wildman–Crippen LogP) is 4.82. The van der Waals surface area contributed by atoms with Gasteiger partial charge in [-0.3, -0.25) is 34.3 Å². The van der Waals surface area contributed by atoms with E-state index in [-0.39, 0.29) is 42.3 Å². The van der Waals surface area contributed by atoms with Gasteiger partial charge in [-0.25, -0.2) is 0 Å². The van der Waals surface area contributed by atoms with Crippen LogP contribution in [0.3, 0.4) is 0 Å². The Labute approximate surface area is 287 Å². The molecule has 3 fully saturated rings. The van der Waals surface area contributed by atoms with Crippen molar-refractivity contribution in [1.82, 2.24) is 9.91 Å². The Bertz CT molecular complexity index is 1930. The number of phenols is 1. The van der Waals surface area contributed by atoms with Crippen LogP contribution < -0.4 is 10.2 Å². The van der Waals surface area contributed by atoms with Crippen molar-refractivity contribution < 1.29 is 38.9 Å². The fraction of sp³-hybridized carbons (Fsp3) is 0.324. The first-order valence-corrected chi connectivity index (χ1v) is 16.5. The Hall–Kier alpha value is -5.16. The van der Waals surface area contributed by atoms with Gasteiger partial charge in [0.25, 0.3) is 11.8 Å². The number of allylic oxidation sites excluding steroid dienone is 2. The summed E-state index contributed by atoms with van der Waals surface area (Å²) in [6, 6.07) is 19.5. The number of nitrogens with one attached hydrogen (secondary N) is 1. The van der Waals surface area contributed by atoms with Gasteiger partial charge in [0.05, 0.1) is 47.4 Å². The number of carbonyl (C=O) groups excluding carboxylic acids is 4. The zero-order valence-electron chi connectivity index (χ0n) is 26.8. The number of hydrogen-bond acceptors (Lipinski definition) is 8. The quantitative estimate of drug-likeness (QED) is 0.224. The van der Waals surface area contributed by atoms with Gasteiger partial charge in [0, 0.05) is 12.5 Å². The van der Waals surface area contributed by atoms with Crippen molar-refractivity contribution in [1.29, 1.82) is 0 Å². The van der Waals surface area contributed by atoms with Crippen LogP contribution in [0.4, 0.5) is 5.69 Å². The zero-order chi connectivity index (χ0) is 34.8. The Morgan fingerprint density at radius 3 is 2.39 bits per heavy atom. The number of anilines is 1. The number of imide groups is 2. The second-order valence-corrected chi connectivity index (χ2v) is 13.5. The Morgan fingerprint density at radius 1 is 1.00 bits per heavy atom. The number of aromatic hydroxyl groups is 1. The molecule has 0 spiro atoms. The van der Waals surface area contributed by atoms with Crippen molar-refractivity contribution in [3.8, 4) is 11.5 Å². The summed E-state index contributed by atoms with van der Waals surface area (Å²) < 4.78 is 5.48. The van der Waals surface area contributed by atoms with Crippen LogP contribution >= 0.6 is 11.6 Å². The number of likely N-dealkylation sites (tertiary alicyclic amines) is 1. The highest BCUT2D eigenvalue weighted by Crippen LogP contribution is 2.64. The van der Waals surface area contributed by atoms with E-state index in [1.54, 1.807) is 36.4 Å². The molecule has 2 aliphatic heterocycles. The molecule has 6 unspecified atom stereocenters. The summed E-state index contributed by atoms with van der Waals surface area (Å²) in [4.78, 5) is 69.8. The van der Waals surface area contributed by atoms with E-state index in [1.807, 2.05) is 43.3 Å². The van der Waals surface area contributed by atoms with Gasteiger partial charge in [0.1, 0.15) is 0 Å². The van der Waals surface area contributed by atoms with E-state index >= 15 is 4.79 Å². The minimum atomic E-state index is -1.52. The minimum absolute atomic E-state index is 0.0242. The number of carboxylic acid groups (broad SMARTS) is 1. The first kappa shape index (κ1) is 32.4. The first-order chi connectivity index (χ1) is 23.5. The fourth-order valence-electron chi connectivity index (χ4n) is 8.53. The molecule has 252 valence electrons. The minimum Gasteiger partial charge on any atom is -0.503 e. The van der Waals surface area contributed by atoms with Crippen molar-refractivity contribution in [3.05, 3.63) is 100 Å². The molecule has 0 radical (unpaired) electrons. The number of aliphatic carboxylic acids is 1. The number of aryl methyl sites for hydroxylation is 1. The van der Waals surface area contributed by atoms with Crippen molar-refractivity contribution in [2.45, 2.75) is 37.5 Å². The molecule has 12 heteroatoms. The molecule has 4 amide bonds. The maximum Gasteiger partial charge on any atom is 0.305 e. The molecule has 1 saturated carbocycles. The molecule has 2 heterocycles. The summed E-state index contributed by atoms with van der Waals surface area (Å²) in [5.74, 6) is -7.33. The molecule has 2 saturated heterocycles. The number of benzene rings is 3. The average Bonchev–Trinajstić information content (AvgIpc) is 3.46. The van der Waals surface area contributed by atoms with Crippen LogP contribution in [0.15, 0.2) is 78.4 Å². The van der Waals surface area contributed by atoms with Crippen molar-refractivity contribution in [2.75, 3.05) is 19.1 Å². The lowest BCUT2D eigenvalue weighted by Gasteiger charge is -2.50. The van der Waals surface area contributed by atoms with Gasteiger partial charge in [-0.2, -0.15) is 5.01 Å². The van der Waals surface area contributed by atoms with E-state index in [1.165, 1.54) is 7.11 Å². The van der Waals surface area contributed by atoms with Crippen LogP contribution in [0.5, 0.6) is 11.5 Å². The average molecular weight is 684 g/mol. The number of hydrazine groups is 1. The topological polar surface area (TPSA) is 154 Å². The second kappa shape index (κ2) is 12.1. The number of methoxy groups -OCH3 is 1. The van der Waals surface area contributed by atoms with E-state index in [0.29, 0.717) is 22.4 Å². The smallest absolute Gasteiger partial charge is 0.305 e. The third-order valence-electron chi connectivity index (χ3n) is 10.6. The maximum absolute atomic E-state index is 15.2. The Kier molecular flexibility index (Phi) is 7.98. The number of carbonyl (C=O) groups is 5. The monoisotopic (exact) mass is 683 g/mol. The summed E-state index contributed by atoms with van der Waals surface area (Å²) in [6.07, 6.45) is 1.78. The third-order valence-corrected chi connectivity index (χ3v) is 10.9. The number of phenolic OH excluding ortho intramolecular Hbond substituents is 1. The number of hydrogen-bond donors (Lipinski definition) is 3. The number of amides is 4. The molecule has 3 aromatic rings. The second-order valence-electron chi connectivity index (χ2n) is 13.1. The van der Waals surface area contributed by atoms with Gasteiger partial charge in [-0.15, -0.1) is 0 Å². The van der Waals surface area contributed by atoms with Gasteiger partial charge >= 0.3 is 5.97 Å². The Morgan fingerprint density at radius 2 is 1.71 bits per heavy atom. The largest absolute Gasteiger partial charge is 0.503 e. The lowest BCUT2D eigenvalue weighted by atomic mass is 9.49. The third kappa shape index (κ3) is 4.89. The van der Waals surface area contributed by atoms with Gasteiger partial charge < -0.3 is 14.9 Å². The van der Waals surface area contributed by atoms with E-state index in [0.717, 1.165) is 15.5 Å². The molecule has 0 bridgehead atoms. The van der Waals surface area contributed by atoms with E-state index in [4.69, 9.17) is 16.3 Å². The van der Waals surface area contributed by atoms with Crippen LogP contribution in [0.1, 0.15) is 41.9 Å². The number of halogens is 1. The van der Waals surface area contributed by atoms with E-state index in [2.05, 4.69) is 5.43 Å². The van der Waals surface area contributed by atoms with Gasteiger partial charge in [-0.1, -0.05) is 71.3 Å². The molecule has 7 rings (SSSR count). The predicted molar refractivity (Wildman–Crippen MR) is 177 cm³/mol. The highest BCUT2D eigenvalue weighted by Gasteiger charge is 2.70. The summed E-state index contributed by atoms with van der Waals surface area (Å²) in [5.41, 5.74) is 4.82. The summed E-state index contributed by atoms with van der Waals surface area (Å²) >= 11 is 6.57. The number of nitrogens with zero attached hydrogens (tertiary/aromatic N) is 2. The van der Waals surface area contributed by atoms with Crippen LogP contribution in [0.2, 0.25) is 5.02 Å². The highest BCUT2D eigenvalue weighted by atomic mass is 35.5. The zero-order valence-corrected chi connectivity index (χ0v) is 27.5. The fourth-order valence-corrected chi connectivity index (χ4v) is 8.75. The van der Waals surface area contributed by atoms with Gasteiger partial charge in [0.2, 0.25) is 11.8 Å². The van der Waals surface area contributed by atoms with Gasteiger partial charge in [-0.05, 0) is 61.1 Å². The molecule has 11 nitrogen and oxygen atoms in total. The summed E-state index contributed by atoms with van der Waals surface area (Å²) in [6.45, 7) is 1.68. The molecule has 0 aromatic heterocycles.